The maximum atomic E-state index is 12.1. The lowest BCUT2D eigenvalue weighted by molar-refractivity contribution is -0.147. The van der Waals surface area contributed by atoms with Gasteiger partial charge >= 0.3 is 11.8 Å². The van der Waals surface area contributed by atoms with E-state index in [1.165, 1.54) is 6.42 Å². The molecule has 0 radical (unpaired) electrons. The Balaban J connectivity index is 1.83. The number of nitrogens with zero attached hydrogens (tertiary/aromatic N) is 1. The summed E-state index contributed by atoms with van der Waals surface area (Å²) in [6, 6.07) is 0.189. The molecule has 2 fully saturated rings. The Morgan fingerprint density at radius 3 is 2.26 bits per heavy atom. The topological polar surface area (TPSA) is 49.4 Å². The molecule has 0 spiro atoms. The zero-order chi connectivity index (χ0) is 13.8. The maximum Gasteiger partial charge on any atom is 0.311 e. The minimum absolute atomic E-state index is 0.189. The van der Waals surface area contributed by atoms with Gasteiger partial charge < -0.3 is 10.2 Å². The van der Waals surface area contributed by atoms with Crippen LogP contribution in [0, 0.1) is 11.8 Å². The van der Waals surface area contributed by atoms with Crippen molar-refractivity contribution >= 4 is 11.8 Å². The first-order chi connectivity index (χ1) is 9.08. The lowest BCUT2D eigenvalue weighted by Gasteiger charge is -2.32. The first kappa shape index (κ1) is 14.4. The summed E-state index contributed by atoms with van der Waals surface area (Å²) in [5, 5.41) is 2.95. The van der Waals surface area contributed by atoms with E-state index in [-0.39, 0.29) is 11.9 Å². The van der Waals surface area contributed by atoms with E-state index in [0.29, 0.717) is 11.8 Å². The van der Waals surface area contributed by atoms with Crippen LogP contribution in [0.15, 0.2) is 0 Å². The second kappa shape index (κ2) is 6.40. The number of carbonyl (C=O) groups is 2. The predicted octanol–water partition coefficient (Wildman–Crippen LogP) is 1.94. The van der Waals surface area contributed by atoms with Crippen molar-refractivity contribution in [1.82, 2.24) is 10.2 Å². The summed E-state index contributed by atoms with van der Waals surface area (Å²) >= 11 is 0. The highest BCUT2D eigenvalue weighted by molar-refractivity contribution is 6.35. The third kappa shape index (κ3) is 3.71. The van der Waals surface area contributed by atoms with E-state index in [0.717, 1.165) is 45.2 Å². The zero-order valence-electron chi connectivity index (χ0n) is 12.2. The Kier molecular flexibility index (Phi) is 4.83. The molecular formula is C15H26N2O2. The first-order valence-electron chi connectivity index (χ1n) is 7.67. The molecule has 0 aromatic carbocycles. The molecule has 2 rings (SSSR count). The second-order valence-electron chi connectivity index (χ2n) is 6.32. The number of carbonyl (C=O) groups excluding carboxylic acids is 2. The van der Waals surface area contributed by atoms with E-state index < -0.39 is 5.91 Å². The van der Waals surface area contributed by atoms with Gasteiger partial charge in [0.05, 0.1) is 0 Å². The zero-order valence-corrected chi connectivity index (χ0v) is 12.2. The summed E-state index contributed by atoms with van der Waals surface area (Å²) in [6.07, 6.45) is 6.59. The van der Waals surface area contributed by atoms with Crippen LogP contribution in [0.4, 0.5) is 0 Å². The Hall–Kier alpha value is -1.06. The lowest BCUT2D eigenvalue weighted by atomic mass is 9.86. The molecule has 2 aliphatic rings. The van der Waals surface area contributed by atoms with Gasteiger partial charge in [-0.2, -0.15) is 0 Å². The fourth-order valence-corrected chi connectivity index (χ4v) is 3.12. The molecule has 19 heavy (non-hydrogen) atoms. The van der Waals surface area contributed by atoms with E-state index in [4.69, 9.17) is 0 Å². The molecule has 0 bridgehead atoms. The molecule has 1 N–H and O–H groups in total. The largest absolute Gasteiger partial charge is 0.345 e. The van der Waals surface area contributed by atoms with E-state index in [1.54, 1.807) is 4.90 Å². The monoisotopic (exact) mass is 266 g/mol. The molecular weight excluding hydrogens is 240 g/mol. The SMILES string of the molecule is CC1CCN(C(=O)C(=O)NC2CCCCC2C)CC1. The van der Waals surface area contributed by atoms with Gasteiger partial charge in [0.1, 0.15) is 0 Å². The van der Waals surface area contributed by atoms with Crippen LogP contribution < -0.4 is 5.32 Å². The standard InChI is InChI=1S/C15H26N2O2/c1-11-7-9-17(10-8-11)15(19)14(18)16-13-6-4-3-5-12(13)2/h11-13H,3-10H2,1-2H3,(H,16,18). The van der Waals surface area contributed by atoms with Crippen LogP contribution in [-0.4, -0.2) is 35.8 Å². The fraction of sp³-hybridized carbons (Fsp3) is 0.867. The molecule has 1 heterocycles. The molecule has 1 saturated heterocycles. The third-order valence-electron chi connectivity index (χ3n) is 4.69. The van der Waals surface area contributed by atoms with Crippen LogP contribution in [0.3, 0.4) is 0 Å². The molecule has 1 aliphatic carbocycles. The Bertz CT molecular complexity index is 335. The molecule has 1 aliphatic heterocycles. The molecule has 1 saturated carbocycles. The van der Waals surface area contributed by atoms with Gasteiger partial charge in [-0.15, -0.1) is 0 Å². The van der Waals surface area contributed by atoms with Crippen molar-refractivity contribution < 1.29 is 9.59 Å². The summed E-state index contributed by atoms with van der Waals surface area (Å²) in [5.74, 6) is 0.440. The van der Waals surface area contributed by atoms with Gasteiger partial charge in [0.2, 0.25) is 0 Å². The highest BCUT2D eigenvalue weighted by Gasteiger charge is 2.29. The smallest absolute Gasteiger partial charge is 0.311 e. The average Bonchev–Trinajstić information content (AvgIpc) is 2.41. The number of hydrogen-bond acceptors (Lipinski definition) is 2. The number of amides is 2. The van der Waals surface area contributed by atoms with Crippen LogP contribution in [0.1, 0.15) is 52.4 Å². The van der Waals surface area contributed by atoms with E-state index in [2.05, 4.69) is 19.2 Å². The summed E-state index contributed by atoms with van der Waals surface area (Å²) in [5.41, 5.74) is 0. The molecule has 0 aromatic rings. The van der Waals surface area contributed by atoms with E-state index in [1.807, 2.05) is 0 Å². The number of hydrogen-bond donors (Lipinski definition) is 1. The summed E-state index contributed by atoms with van der Waals surface area (Å²) in [4.78, 5) is 25.8. The van der Waals surface area contributed by atoms with Crippen LogP contribution >= 0.6 is 0 Å². The molecule has 4 nitrogen and oxygen atoms in total. The second-order valence-corrected chi connectivity index (χ2v) is 6.32. The van der Waals surface area contributed by atoms with Gasteiger partial charge in [0.15, 0.2) is 0 Å². The normalized spacial score (nSPS) is 29.1. The van der Waals surface area contributed by atoms with Gasteiger partial charge in [0.25, 0.3) is 0 Å². The van der Waals surface area contributed by atoms with Gasteiger partial charge in [-0.1, -0.05) is 26.7 Å². The predicted molar refractivity (Wildman–Crippen MR) is 74.5 cm³/mol. The van der Waals surface area contributed by atoms with Crippen molar-refractivity contribution in [3.05, 3.63) is 0 Å². The van der Waals surface area contributed by atoms with E-state index in [9.17, 15) is 9.59 Å². The first-order valence-corrected chi connectivity index (χ1v) is 7.67. The summed E-state index contributed by atoms with van der Waals surface area (Å²) in [7, 11) is 0. The quantitative estimate of drug-likeness (QED) is 0.737. The van der Waals surface area contributed by atoms with Crippen molar-refractivity contribution in [2.75, 3.05) is 13.1 Å². The lowest BCUT2D eigenvalue weighted by Crippen LogP contribution is -2.50. The molecule has 108 valence electrons. The van der Waals surface area contributed by atoms with Crippen molar-refractivity contribution in [1.29, 1.82) is 0 Å². The van der Waals surface area contributed by atoms with Crippen LogP contribution in [0.5, 0.6) is 0 Å². The van der Waals surface area contributed by atoms with Gasteiger partial charge in [-0.3, -0.25) is 9.59 Å². The molecule has 2 unspecified atom stereocenters. The maximum absolute atomic E-state index is 12.1. The number of rotatable bonds is 1. The molecule has 0 aromatic heterocycles. The Morgan fingerprint density at radius 2 is 1.63 bits per heavy atom. The average molecular weight is 266 g/mol. The van der Waals surface area contributed by atoms with E-state index >= 15 is 0 Å². The number of nitrogens with one attached hydrogen (secondary N) is 1. The number of piperidine rings is 1. The number of likely N-dealkylation sites (tertiary alicyclic amines) is 1. The van der Waals surface area contributed by atoms with Crippen LogP contribution in [-0.2, 0) is 9.59 Å². The Labute approximate surface area is 115 Å². The van der Waals surface area contributed by atoms with Crippen molar-refractivity contribution in [2.45, 2.75) is 58.4 Å². The van der Waals surface area contributed by atoms with Crippen molar-refractivity contribution in [3.8, 4) is 0 Å². The van der Waals surface area contributed by atoms with Crippen molar-refractivity contribution in [3.63, 3.8) is 0 Å². The highest BCUT2D eigenvalue weighted by atomic mass is 16.2. The Morgan fingerprint density at radius 1 is 1.00 bits per heavy atom. The van der Waals surface area contributed by atoms with Crippen LogP contribution in [0.25, 0.3) is 0 Å². The third-order valence-corrected chi connectivity index (χ3v) is 4.69. The summed E-state index contributed by atoms with van der Waals surface area (Å²) in [6.45, 7) is 5.82. The van der Waals surface area contributed by atoms with Gasteiger partial charge in [0, 0.05) is 19.1 Å². The van der Waals surface area contributed by atoms with Gasteiger partial charge in [-0.25, -0.2) is 0 Å². The summed E-state index contributed by atoms with van der Waals surface area (Å²) < 4.78 is 0. The highest BCUT2D eigenvalue weighted by Crippen LogP contribution is 2.23. The minimum atomic E-state index is -0.395. The minimum Gasteiger partial charge on any atom is -0.345 e. The molecule has 2 atom stereocenters. The molecule has 4 heteroatoms. The fourth-order valence-electron chi connectivity index (χ4n) is 3.12. The van der Waals surface area contributed by atoms with Crippen molar-refractivity contribution in [2.24, 2.45) is 11.8 Å². The van der Waals surface area contributed by atoms with Gasteiger partial charge in [-0.05, 0) is 37.5 Å². The molecule has 2 amide bonds. The van der Waals surface area contributed by atoms with Crippen LogP contribution in [0.2, 0.25) is 0 Å².